The Kier molecular flexibility index (Phi) is 9.18. The summed E-state index contributed by atoms with van der Waals surface area (Å²) >= 11 is 0. The van der Waals surface area contributed by atoms with Crippen molar-refractivity contribution in [1.82, 2.24) is 20.6 Å². The lowest BCUT2D eigenvalue weighted by Gasteiger charge is -2.23. The molecule has 0 radical (unpaired) electrons. The van der Waals surface area contributed by atoms with E-state index in [0.717, 1.165) is 0 Å². The van der Waals surface area contributed by atoms with Gasteiger partial charge in [0.05, 0.1) is 55.0 Å². The lowest BCUT2D eigenvalue weighted by Crippen LogP contribution is -2.48. The first-order chi connectivity index (χ1) is 12.7. The molecule has 0 aliphatic heterocycles. The van der Waals surface area contributed by atoms with Crippen LogP contribution in [-0.2, 0) is 16.0 Å². The average molecular weight is 384 g/mol. The molecule has 9 N–H and O–H groups in total. The number of aromatic nitrogens is 2. The molecule has 0 bridgehead atoms. The fourth-order valence-electron chi connectivity index (χ4n) is 2.11. The Morgan fingerprint density at radius 1 is 1.04 bits per heavy atom. The van der Waals surface area contributed by atoms with Crippen LogP contribution in [0, 0.1) is 0 Å². The van der Waals surface area contributed by atoms with Crippen LogP contribution in [-0.4, -0.2) is 74.5 Å². The van der Waals surface area contributed by atoms with Crippen molar-refractivity contribution in [2.24, 2.45) is 11.5 Å². The lowest BCUT2D eigenvalue weighted by molar-refractivity contribution is -0.124. The fraction of sp³-hybridized carbons (Fsp3) is 0.625. The second-order valence-electron chi connectivity index (χ2n) is 6.34. The molecule has 11 heteroatoms. The minimum atomic E-state index is -1.29. The summed E-state index contributed by atoms with van der Waals surface area (Å²) in [5, 5.41) is 34.1. The van der Waals surface area contributed by atoms with E-state index < -0.39 is 48.7 Å². The molecule has 0 saturated carbocycles. The smallest absolute Gasteiger partial charge is 0.237 e. The number of hydrogen-bond acceptors (Lipinski definition) is 9. The molecule has 1 aromatic rings. The van der Waals surface area contributed by atoms with E-state index in [4.69, 9.17) is 11.5 Å². The maximum atomic E-state index is 11.6. The van der Waals surface area contributed by atoms with E-state index in [1.54, 1.807) is 0 Å². The molecule has 152 valence electrons. The third-order valence-electron chi connectivity index (χ3n) is 3.78. The highest BCUT2D eigenvalue weighted by Crippen LogP contribution is 2.14. The van der Waals surface area contributed by atoms with Crippen molar-refractivity contribution in [1.29, 1.82) is 0 Å². The SMILES string of the molecule is CC(N)C(=O)NC(CO)Cc1cnc(C(O)C(CO)NC(=O)C(C)N)cn1. The molecule has 0 aliphatic rings. The van der Waals surface area contributed by atoms with Crippen LogP contribution < -0.4 is 22.1 Å². The van der Waals surface area contributed by atoms with E-state index in [-0.39, 0.29) is 18.7 Å². The summed E-state index contributed by atoms with van der Waals surface area (Å²) in [6.45, 7) is 2.19. The predicted octanol–water partition coefficient (Wildman–Crippen LogP) is -3.30. The highest BCUT2D eigenvalue weighted by molar-refractivity contribution is 5.81. The minimum Gasteiger partial charge on any atom is -0.394 e. The molecular formula is C16H28N6O5. The molecule has 0 saturated heterocycles. The lowest BCUT2D eigenvalue weighted by atomic mass is 10.1. The highest BCUT2D eigenvalue weighted by Gasteiger charge is 2.25. The number of hydrogen-bond donors (Lipinski definition) is 7. The number of nitrogens with two attached hydrogens (primary N) is 2. The molecule has 11 nitrogen and oxygen atoms in total. The molecule has 5 unspecified atom stereocenters. The normalized spacial score (nSPS) is 16.7. The van der Waals surface area contributed by atoms with Crippen molar-refractivity contribution in [3.63, 3.8) is 0 Å². The second-order valence-corrected chi connectivity index (χ2v) is 6.34. The van der Waals surface area contributed by atoms with Gasteiger partial charge in [0.15, 0.2) is 0 Å². The number of carbonyl (C=O) groups is 2. The van der Waals surface area contributed by atoms with Gasteiger partial charge in [-0.2, -0.15) is 0 Å². The number of amides is 2. The van der Waals surface area contributed by atoms with E-state index in [9.17, 15) is 24.9 Å². The quantitative estimate of drug-likeness (QED) is 0.216. The van der Waals surface area contributed by atoms with Gasteiger partial charge >= 0.3 is 0 Å². The van der Waals surface area contributed by atoms with Crippen LogP contribution in [0.5, 0.6) is 0 Å². The molecular weight excluding hydrogens is 356 g/mol. The van der Waals surface area contributed by atoms with Crippen LogP contribution in [0.3, 0.4) is 0 Å². The first-order valence-electron chi connectivity index (χ1n) is 8.52. The molecule has 1 rings (SSSR count). The second kappa shape index (κ2) is 10.8. The summed E-state index contributed by atoms with van der Waals surface area (Å²) < 4.78 is 0. The largest absolute Gasteiger partial charge is 0.394 e. The van der Waals surface area contributed by atoms with Crippen molar-refractivity contribution in [3.05, 3.63) is 23.8 Å². The topological polar surface area (TPSA) is 197 Å². The Morgan fingerprint density at radius 2 is 1.63 bits per heavy atom. The van der Waals surface area contributed by atoms with Crippen molar-refractivity contribution < 1.29 is 24.9 Å². The van der Waals surface area contributed by atoms with Gasteiger partial charge in [0.25, 0.3) is 0 Å². The van der Waals surface area contributed by atoms with Crippen molar-refractivity contribution in [2.45, 2.75) is 50.5 Å². The maximum absolute atomic E-state index is 11.6. The number of nitrogens with zero attached hydrogens (tertiary/aromatic N) is 2. The molecule has 0 aliphatic carbocycles. The number of nitrogens with one attached hydrogen (secondary N) is 2. The van der Waals surface area contributed by atoms with Gasteiger partial charge in [-0.3, -0.25) is 19.6 Å². The molecule has 27 heavy (non-hydrogen) atoms. The zero-order valence-electron chi connectivity index (χ0n) is 15.4. The first-order valence-corrected chi connectivity index (χ1v) is 8.52. The Balaban J connectivity index is 2.76. The van der Waals surface area contributed by atoms with Crippen molar-refractivity contribution in [3.8, 4) is 0 Å². The van der Waals surface area contributed by atoms with Crippen molar-refractivity contribution >= 4 is 11.8 Å². The van der Waals surface area contributed by atoms with Gasteiger partial charge in [0.1, 0.15) is 6.10 Å². The van der Waals surface area contributed by atoms with Crippen LogP contribution in [0.1, 0.15) is 31.3 Å². The molecule has 0 aromatic carbocycles. The van der Waals surface area contributed by atoms with Crippen LogP contribution in [0.2, 0.25) is 0 Å². The molecule has 0 spiro atoms. The summed E-state index contributed by atoms with van der Waals surface area (Å²) in [5.74, 6) is -0.918. The van der Waals surface area contributed by atoms with Crippen molar-refractivity contribution in [2.75, 3.05) is 13.2 Å². The Hall–Kier alpha value is -2.18. The molecule has 0 fully saturated rings. The number of aliphatic hydroxyl groups is 3. The van der Waals surface area contributed by atoms with E-state index in [1.165, 1.54) is 26.2 Å². The monoisotopic (exact) mass is 384 g/mol. The first kappa shape index (κ1) is 22.9. The Bertz CT molecular complexity index is 610. The summed E-state index contributed by atoms with van der Waals surface area (Å²) in [6, 6.07) is -3.06. The molecule has 1 heterocycles. The Morgan fingerprint density at radius 3 is 2.07 bits per heavy atom. The standard InChI is InChI=1S/C16H28N6O5/c1-8(17)15(26)21-11(6-23)3-10-4-20-12(5-19-10)14(25)13(7-24)22-16(27)9(2)18/h4-5,8-9,11,13-14,23-25H,3,6-7,17-18H2,1-2H3,(H,21,26)(H,22,27). The number of aliphatic hydroxyl groups excluding tert-OH is 3. The van der Waals surface area contributed by atoms with Gasteiger partial charge in [0, 0.05) is 12.6 Å². The third kappa shape index (κ3) is 7.15. The van der Waals surface area contributed by atoms with Gasteiger partial charge < -0.3 is 37.4 Å². The summed E-state index contributed by atoms with van der Waals surface area (Å²) in [7, 11) is 0. The van der Waals surface area contributed by atoms with Gasteiger partial charge in [0.2, 0.25) is 11.8 Å². The zero-order valence-corrected chi connectivity index (χ0v) is 15.4. The third-order valence-corrected chi connectivity index (χ3v) is 3.78. The summed E-state index contributed by atoms with van der Waals surface area (Å²) in [4.78, 5) is 31.4. The van der Waals surface area contributed by atoms with Gasteiger partial charge in [-0.05, 0) is 13.8 Å². The minimum absolute atomic E-state index is 0.142. The highest BCUT2D eigenvalue weighted by atomic mass is 16.3. The number of carbonyl (C=O) groups excluding carboxylic acids is 2. The van der Waals surface area contributed by atoms with Gasteiger partial charge in [-0.1, -0.05) is 0 Å². The molecule has 5 atom stereocenters. The summed E-state index contributed by atoms with van der Waals surface area (Å²) in [6.07, 6.45) is 1.60. The Labute approximate surface area is 157 Å². The van der Waals surface area contributed by atoms with Gasteiger partial charge in [-0.15, -0.1) is 0 Å². The summed E-state index contributed by atoms with van der Waals surface area (Å²) in [5.41, 5.74) is 11.5. The fourth-order valence-corrected chi connectivity index (χ4v) is 2.11. The van der Waals surface area contributed by atoms with E-state index in [0.29, 0.717) is 5.69 Å². The van der Waals surface area contributed by atoms with E-state index in [2.05, 4.69) is 20.6 Å². The van der Waals surface area contributed by atoms with Crippen LogP contribution in [0.15, 0.2) is 12.4 Å². The van der Waals surface area contributed by atoms with Gasteiger partial charge in [-0.25, -0.2) is 0 Å². The maximum Gasteiger partial charge on any atom is 0.237 e. The predicted molar refractivity (Wildman–Crippen MR) is 96.0 cm³/mol. The van der Waals surface area contributed by atoms with E-state index in [1.807, 2.05) is 0 Å². The van der Waals surface area contributed by atoms with E-state index >= 15 is 0 Å². The van der Waals surface area contributed by atoms with Crippen LogP contribution in [0.4, 0.5) is 0 Å². The number of rotatable bonds is 10. The van der Waals surface area contributed by atoms with Crippen LogP contribution in [0.25, 0.3) is 0 Å². The van der Waals surface area contributed by atoms with Crippen LogP contribution >= 0.6 is 0 Å². The molecule has 1 aromatic heterocycles. The average Bonchev–Trinajstić information content (AvgIpc) is 2.64. The zero-order chi connectivity index (χ0) is 20.6. The molecule has 2 amide bonds.